The van der Waals surface area contributed by atoms with Crippen LogP contribution in [0.4, 0.5) is 10.5 Å². The molecule has 1 aliphatic heterocycles. The van der Waals surface area contributed by atoms with Crippen molar-refractivity contribution in [1.29, 1.82) is 0 Å². The van der Waals surface area contributed by atoms with E-state index in [1.807, 2.05) is 13.8 Å². The van der Waals surface area contributed by atoms with Gasteiger partial charge in [-0.3, -0.25) is 15.0 Å². The van der Waals surface area contributed by atoms with Gasteiger partial charge in [-0.25, -0.2) is 4.79 Å². The number of aromatic nitrogens is 1. The van der Waals surface area contributed by atoms with Crippen LogP contribution in [0, 0.1) is 17.0 Å². The van der Waals surface area contributed by atoms with Gasteiger partial charge in [0, 0.05) is 35.3 Å². The van der Waals surface area contributed by atoms with E-state index in [1.54, 1.807) is 19.9 Å². The lowest BCUT2D eigenvalue weighted by Gasteiger charge is -2.36. The lowest BCUT2D eigenvalue weighted by atomic mass is 9.90. The van der Waals surface area contributed by atoms with Crippen LogP contribution in [0.3, 0.4) is 0 Å². The zero-order valence-corrected chi connectivity index (χ0v) is 15.3. The molecule has 1 aliphatic rings. The number of ether oxygens (including phenoxy) is 1. The van der Waals surface area contributed by atoms with Gasteiger partial charge < -0.3 is 14.8 Å². The predicted octanol–water partition coefficient (Wildman–Crippen LogP) is 3.26. The first-order valence-electron chi connectivity index (χ1n) is 8.59. The van der Waals surface area contributed by atoms with Gasteiger partial charge in [-0.15, -0.1) is 0 Å². The van der Waals surface area contributed by atoms with Crippen molar-refractivity contribution in [3.05, 3.63) is 39.6 Å². The molecular formula is C18H23N3O5. The summed E-state index contributed by atoms with van der Waals surface area (Å²) >= 11 is 0. The molecule has 2 heterocycles. The summed E-state index contributed by atoms with van der Waals surface area (Å²) in [7, 11) is 0. The SMILES string of the molecule is CC[C@]1(C)OC(=O)N(CCc2c(C)[nH]c3ccc([N+](=O)[O-])cc23)[C@@]1(C)O. The zero-order chi connectivity index (χ0) is 19.3. The number of aliphatic hydroxyl groups is 1. The van der Waals surface area contributed by atoms with Crippen molar-refractivity contribution in [3.8, 4) is 0 Å². The van der Waals surface area contributed by atoms with Crippen molar-refractivity contribution in [2.45, 2.75) is 51.9 Å². The van der Waals surface area contributed by atoms with Crippen LogP contribution in [0.2, 0.25) is 0 Å². The van der Waals surface area contributed by atoms with Crippen LogP contribution >= 0.6 is 0 Å². The maximum atomic E-state index is 12.3. The Morgan fingerprint density at radius 1 is 1.38 bits per heavy atom. The smallest absolute Gasteiger partial charge is 0.412 e. The highest BCUT2D eigenvalue weighted by Crippen LogP contribution is 2.40. The molecule has 2 N–H and O–H groups in total. The number of fused-ring (bicyclic) bond motifs is 1. The molecule has 1 fully saturated rings. The van der Waals surface area contributed by atoms with E-state index in [-0.39, 0.29) is 12.2 Å². The van der Waals surface area contributed by atoms with E-state index in [4.69, 9.17) is 4.74 Å². The van der Waals surface area contributed by atoms with Gasteiger partial charge in [0.15, 0.2) is 11.3 Å². The molecule has 2 atom stereocenters. The molecule has 0 spiro atoms. The largest absolute Gasteiger partial charge is 0.438 e. The lowest BCUT2D eigenvalue weighted by Crippen LogP contribution is -2.55. The van der Waals surface area contributed by atoms with E-state index in [0.29, 0.717) is 12.8 Å². The number of amides is 1. The second-order valence-corrected chi connectivity index (χ2v) is 7.09. The standard InChI is InChI=1S/C18H23N3O5/c1-5-17(3)18(4,23)20(16(22)26-17)9-8-13-11(2)19-15-7-6-12(21(24)25)10-14(13)15/h6-7,10,19,23H,5,8-9H2,1-4H3/t17-,18-/m0/s1. The Balaban J connectivity index is 1.90. The van der Waals surface area contributed by atoms with Crippen LogP contribution in [0.25, 0.3) is 10.9 Å². The Bertz CT molecular complexity index is 888. The van der Waals surface area contributed by atoms with Gasteiger partial charge in [-0.1, -0.05) is 6.92 Å². The number of cyclic esters (lactones) is 1. The minimum Gasteiger partial charge on any atom is -0.438 e. The molecule has 2 aromatic rings. The number of hydrogen-bond donors (Lipinski definition) is 2. The summed E-state index contributed by atoms with van der Waals surface area (Å²) in [5, 5.41) is 22.7. The number of carbonyl (C=O) groups is 1. The summed E-state index contributed by atoms with van der Waals surface area (Å²) in [6.07, 6.45) is 0.376. The van der Waals surface area contributed by atoms with Gasteiger partial charge in [-0.2, -0.15) is 0 Å². The van der Waals surface area contributed by atoms with Crippen molar-refractivity contribution < 1.29 is 19.6 Å². The summed E-state index contributed by atoms with van der Waals surface area (Å²) in [6.45, 7) is 7.28. The Kier molecular flexibility index (Phi) is 4.18. The normalized spacial score (nSPS) is 25.7. The minimum absolute atomic E-state index is 0.0175. The Labute approximate surface area is 150 Å². The number of nitrogens with one attached hydrogen (secondary N) is 1. The summed E-state index contributed by atoms with van der Waals surface area (Å²) in [5.41, 5.74) is 0.188. The van der Waals surface area contributed by atoms with E-state index in [0.717, 1.165) is 22.2 Å². The zero-order valence-electron chi connectivity index (χ0n) is 15.3. The van der Waals surface area contributed by atoms with Gasteiger partial charge in [0.1, 0.15) is 0 Å². The number of rotatable bonds is 5. The van der Waals surface area contributed by atoms with Crippen LogP contribution in [0.15, 0.2) is 18.2 Å². The number of nitro benzene ring substituents is 1. The van der Waals surface area contributed by atoms with Crippen LogP contribution < -0.4 is 0 Å². The van der Waals surface area contributed by atoms with Gasteiger partial charge in [0.2, 0.25) is 0 Å². The van der Waals surface area contributed by atoms with Crippen molar-refractivity contribution in [3.63, 3.8) is 0 Å². The molecular weight excluding hydrogens is 338 g/mol. The number of aromatic amines is 1. The fraction of sp³-hybridized carbons (Fsp3) is 0.500. The number of aryl methyl sites for hydroxylation is 1. The lowest BCUT2D eigenvalue weighted by molar-refractivity contribution is -0.384. The number of nitrogens with zero attached hydrogens (tertiary/aromatic N) is 2. The number of nitro groups is 1. The quantitative estimate of drug-likeness (QED) is 0.627. The predicted molar refractivity (Wildman–Crippen MR) is 95.9 cm³/mol. The van der Waals surface area contributed by atoms with Crippen molar-refractivity contribution >= 4 is 22.7 Å². The van der Waals surface area contributed by atoms with E-state index in [2.05, 4.69) is 4.98 Å². The monoisotopic (exact) mass is 361 g/mol. The number of H-pyrrole nitrogens is 1. The van der Waals surface area contributed by atoms with Gasteiger partial charge in [-0.05, 0) is 45.2 Å². The third-order valence-corrected chi connectivity index (χ3v) is 5.63. The maximum absolute atomic E-state index is 12.3. The van der Waals surface area contributed by atoms with Crippen molar-refractivity contribution in [1.82, 2.24) is 9.88 Å². The third-order valence-electron chi connectivity index (χ3n) is 5.63. The van der Waals surface area contributed by atoms with Gasteiger partial charge in [0.25, 0.3) is 5.69 Å². The molecule has 0 saturated carbocycles. The van der Waals surface area contributed by atoms with Gasteiger partial charge in [0.05, 0.1) is 4.92 Å². The van der Waals surface area contributed by atoms with E-state index in [1.165, 1.54) is 17.0 Å². The summed E-state index contributed by atoms with van der Waals surface area (Å²) in [4.78, 5) is 27.4. The number of hydrogen-bond acceptors (Lipinski definition) is 5. The van der Waals surface area contributed by atoms with E-state index in [9.17, 15) is 20.0 Å². The molecule has 0 unspecified atom stereocenters. The molecule has 1 aromatic heterocycles. The number of benzene rings is 1. The first-order chi connectivity index (χ1) is 12.1. The second-order valence-electron chi connectivity index (χ2n) is 7.09. The maximum Gasteiger partial charge on any atom is 0.412 e. The fourth-order valence-electron chi connectivity index (χ4n) is 3.55. The van der Waals surface area contributed by atoms with Gasteiger partial charge >= 0.3 is 6.09 Å². The molecule has 8 nitrogen and oxygen atoms in total. The molecule has 140 valence electrons. The fourth-order valence-corrected chi connectivity index (χ4v) is 3.55. The number of non-ortho nitro benzene ring substituents is 1. The first kappa shape index (κ1) is 18.2. The van der Waals surface area contributed by atoms with Crippen LogP contribution in [-0.2, 0) is 11.2 Å². The highest BCUT2D eigenvalue weighted by atomic mass is 16.6. The average molecular weight is 361 g/mol. The third kappa shape index (κ3) is 2.61. The molecule has 3 rings (SSSR count). The van der Waals surface area contributed by atoms with Crippen molar-refractivity contribution in [2.24, 2.45) is 0 Å². The molecule has 0 aliphatic carbocycles. The topological polar surface area (TPSA) is 109 Å². The van der Waals surface area contributed by atoms with Crippen LogP contribution in [-0.4, -0.2) is 43.9 Å². The first-order valence-corrected chi connectivity index (χ1v) is 8.59. The highest BCUT2D eigenvalue weighted by Gasteiger charge is 2.58. The van der Waals surface area contributed by atoms with Crippen LogP contribution in [0.1, 0.15) is 38.4 Å². The molecule has 26 heavy (non-hydrogen) atoms. The molecule has 1 aromatic carbocycles. The van der Waals surface area contributed by atoms with E-state index >= 15 is 0 Å². The van der Waals surface area contributed by atoms with Crippen LogP contribution in [0.5, 0.6) is 0 Å². The van der Waals surface area contributed by atoms with Crippen molar-refractivity contribution in [2.75, 3.05) is 6.54 Å². The molecule has 1 amide bonds. The highest BCUT2D eigenvalue weighted by molar-refractivity contribution is 5.86. The second kappa shape index (κ2) is 5.98. The molecule has 0 bridgehead atoms. The Morgan fingerprint density at radius 3 is 2.65 bits per heavy atom. The molecule has 8 heteroatoms. The minimum atomic E-state index is -1.43. The molecule has 1 saturated heterocycles. The Hall–Kier alpha value is -2.61. The van der Waals surface area contributed by atoms with E-state index < -0.39 is 22.3 Å². The molecule has 0 radical (unpaired) electrons. The summed E-state index contributed by atoms with van der Waals surface area (Å²) < 4.78 is 5.40. The summed E-state index contributed by atoms with van der Waals surface area (Å²) in [5.74, 6) is 0. The summed E-state index contributed by atoms with van der Waals surface area (Å²) in [6, 6.07) is 4.67. The average Bonchev–Trinajstić information content (AvgIpc) is 2.97. The Morgan fingerprint density at radius 2 is 2.08 bits per heavy atom. The number of carbonyl (C=O) groups excluding carboxylic acids is 1.